The van der Waals surface area contributed by atoms with Gasteiger partial charge in [-0.1, -0.05) is 29.3 Å². The van der Waals surface area contributed by atoms with Gasteiger partial charge in [0.1, 0.15) is 0 Å². The zero-order valence-corrected chi connectivity index (χ0v) is 13.3. The number of hydrogen-bond acceptors (Lipinski definition) is 2. The number of aliphatic carboxylic acids is 1. The number of nitrogens with one attached hydrogen (secondary N) is 1. The first-order valence-corrected chi connectivity index (χ1v) is 7.13. The number of amides is 1. The van der Waals surface area contributed by atoms with Crippen LogP contribution < -0.4 is 5.32 Å². The molecule has 0 saturated heterocycles. The number of rotatable bonds is 6. The molecule has 6 heteroatoms. The van der Waals surface area contributed by atoms with Crippen LogP contribution in [0.4, 0.5) is 0 Å². The van der Waals surface area contributed by atoms with Crippen molar-refractivity contribution in [3.8, 4) is 0 Å². The summed E-state index contributed by atoms with van der Waals surface area (Å²) in [5.74, 6) is -1.22. The van der Waals surface area contributed by atoms with Crippen LogP contribution in [-0.2, 0) is 9.59 Å². The van der Waals surface area contributed by atoms with Crippen molar-refractivity contribution in [2.45, 2.75) is 32.2 Å². The molecule has 0 aliphatic heterocycles. The molecule has 4 nitrogen and oxygen atoms in total. The molecule has 1 rings (SSSR count). The number of halogens is 2. The number of hydrogen-bond donors (Lipinski definition) is 2. The minimum atomic E-state index is -0.893. The highest BCUT2D eigenvalue weighted by Crippen LogP contribution is 2.25. The lowest BCUT2D eigenvalue weighted by Gasteiger charge is -2.24. The van der Waals surface area contributed by atoms with Gasteiger partial charge >= 0.3 is 5.97 Å². The first kappa shape index (κ1) is 17.5. The predicted octanol–water partition coefficient (Wildman–Crippen LogP) is 3.77. The fourth-order valence-corrected chi connectivity index (χ4v) is 2.21. The molecule has 0 atom stereocenters. The maximum absolute atomic E-state index is 11.9. The highest BCUT2D eigenvalue weighted by Gasteiger charge is 2.20. The van der Waals surface area contributed by atoms with Crippen LogP contribution in [0, 0.1) is 0 Å². The van der Waals surface area contributed by atoms with Gasteiger partial charge in [-0.2, -0.15) is 0 Å². The van der Waals surface area contributed by atoms with E-state index in [2.05, 4.69) is 5.32 Å². The normalized spacial score (nSPS) is 11.6. The van der Waals surface area contributed by atoms with Crippen molar-refractivity contribution in [3.05, 3.63) is 39.9 Å². The van der Waals surface area contributed by atoms with Gasteiger partial charge in [0.05, 0.1) is 0 Å². The maximum atomic E-state index is 11.9. The zero-order chi connectivity index (χ0) is 16.0. The molecule has 0 heterocycles. The molecule has 1 aromatic carbocycles. The van der Waals surface area contributed by atoms with Crippen LogP contribution in [0.1, 0.15) is 32.3 Å². The summed E-state index contributed by atoms with van der Waals surface area (Å²) in [6, 6.07) is 5.08. The van der Waals surface area contributed by atoms with Gasteiger partial charge in [0.2, 0.25) is 5.91 Å². The van der Waals surface area contributed by atoms with E-state index in [4.69, 9.17) is 28.3 Å². The Morgan fingerprint density at radius 1 is 1.29 bits per heavy atom. The number of carbonyl (C=O) groups is 2. The molecular formula is C15H17Cl2NO3. The first-order chi connectivity index (χ1) is 9.71. The van der Waals surface area contributed by atoms with Crippen molar-refractivity contribution < 1.29 is 14.7 Å². The Bertz CT molecular complexity index is 548. The van der Waals surface area contributed by atoms with E-state index in [1.54, 1.807) is 32.0 Å². The van der Waals surface area contributed by atoms with Crippen molar-refractivity contribution in [1.29, 1.82) is 0 Å². The lowest BCUT2D eigenvalue weighted by Crippen LogP contribution is -2.42. The molecule has 0 saturated carbocycles. The third kappa shape index (κ3) is 6.19. The second-order valence-corrected chi connectivity index (χ2v) is 6.05. The molecule has 0 spiro atoms. The molecule has 1 aromatic rings. The van der Waals surface area contributed by atoms with Gasteiger partial charge in [-0.15, -0.1) is 0 Å². The average molecular weight is 330 g/mol. The lowest BCUT2D eigenvalue weighted by atomic mass is 9.98. The molecule has 0 unspecified atom stereocenters. The molecule has 1 amide bonds. The summed E-state index contributed by atoms with van der Waals surface area (Å²) < 4.78 is 0. The molecule has 0 fully saturated rings. The number of benzene rings is 1. The highest BCUT2D eigenvalue weighted by atomic mass is 35.5. The highest BCUT2D eigenvalue weighted by molar-refractivity contribution is 6.37. The quantitative estimate of drug-likeness (QED) is 0.781. The molecule has 21 heavy (non-hydrogen) atoms. The van der Waals surface area contributed by atoms with Gasteiger partial charge in [0, 0.05) is 33.6 Å². The Morgan fingerprint density at radius 3 is 2.38 bits per heavy atom. The predicted molar refractivity (Wildman–Crippen MR) is 84.6 cm³/mol. The maximum Gasteiger partial charge on any atom is 0.303 e. The molecular weight excluding hydrogens is 313 g/mol. The SMILES string of the molecule is CC(C)(CCC(=O)O)NC(=O)C=Cc1c(Cl)cccc1Cl. The van der Waals surface area contributed by atoms with Crippen LogP contribution in [0.3, 0.4) is 0 Å². The van der Waals surface area contributed by atoms with Crippen LogP contribution in [0.15, 0.2) is 24.3 Å². The molecule has 0 aromatic heterocycles. The fourth-order valence-electron chi connectivity index (χ4n) is 1.69. The summed E-state index contributed by atoms with van der Waals surface area (Å²) >= 11 is 12.0. The van der Waals surface area contributed by atoms with Crippen LogP contribution in [0.25, 0.3) is 6.08 Å². The van der Waals surface area contributed by atoms with E-state index in [0.717, 1.165) is 0 Å². The summed E-state index contributed by atoms with van der Waals surface area (Å²) in [5, 5.41) is 12.3. The first-order valence-electron chi connectivity index (χ1n) is 6.37. The number of carboxylic acids is 1. The summed E-state index contributed by atoms with van der Waals surface area (Å²) in [4.78, 5) is 22.4. The minimum absolute atomic E-state index is 0.00661. The molecule has 114 valence electrons. The van der Waals surface area contributed by atoms with Gasteiger partial charge in [0.15, 0.2) is 0 Å². The van der Waals surface area contributed by atoms with Crippen molar-refractivity contribution in [2.75, 3.05) is 0 Å². The molecule has 2 N–H and O–H groups in total. The van der Waals surface area contributed by atoms with Crippen molar-refractivity contribution in [1.82, 2.24) is 5.32 Å². The van der Waals surface area contributed by atoms with Gasteiger partial charge in [-0.05, 0) is 38.5 Å². The summed E-state index contributed by atoms with van der Waals surface area (Å²) in [7, 11) is 0. The lowest BCUT2D eigenvalue weighted by molar-refractivity contribution is -0.137. The largest absolute Gasteiger partial charge is 0.481 e. The topological polar surface area (TPSA) is 66.4 Å². The van der Waals surface area contributed by atoms with Crippen molar-refractivity contribution in [3.63, 3.8) is 0 Å². The van der Waals surface area contributed by atoms with Gasteiger partial charge in [0.25, 0.3) is 0 Å². The monoisotopic (exact) mass is 329 g/mol. The van der Waals surface area contributed by atoms with Crippen LogP contribution >= 0.6 is 23.2 Å². The van der Waals surface area contributed by atoms with E-state index >= 15 is 0 Å². The standard InChI is InChI=1S/C15H17Cl2NO3/c1-15(2,9-8-14(20)21)18-13(19)7-6-10-11(16)4-3-5-12(10)17/h3-7H,8-9H2,1-2H3,(H,18,19)(H,20,21). The Kier molecular flexibility index (Phi) is 6.24. The van der Waals surface area contributed by atoms with Gasteiger partial charge in [-0.3, -0.25) is 9.59 Å². The van der Waals surface area contributed by atoms with Crippen molar-refractivity contribution in [2.24, 2.45) is 0 Å². The van der Waals surface area contributed by atoms with E-state index in [-0.39, 0.29) is 12.3 Å². The Labute approximate surface area is 133 Å². The van der Waals surface area contributed by atoms with Crippen LogP contribution in [0.2, 0.25) is 10.0 Å². The molecule has 0 aliphatic rings. The summed E-state index contributed by atoms with van der Waals surface area (Å²) in [6.45, 7) is 3.54. The summed E-state index contributed by atoms with van der Waals surface area (Å²) in [6.07, 6.45) is 3.20. The third-order valence-electron chi connectivity index (χ3n) is 2.83. The van der Waals surface area contributed by atoms with Gasteiger partial charge < -0.3 is 10.4 Å². The zero-order valence-electron chi connectivity index (χ0n) is 11.8. The Hall–Kier alpha value is -1.52. The van der Waals surface area contributed by atoms with E-state index in [1.165, 1.54) is 12.2 Å². The van der Waals surface area contributed by atoms with Crippen LogP contribution in [0.5, 0.6) is 0 Å². The molecule has 0 radical (unpaired) electrons. The smallest absolute Gasteiger partial charge is 0.303 e. The Morgan fingerprint density at radius 2 is 1.86 bits per heavy atom. The number of carbonyl (C=O) groups excluding carboxylic acids is 1. The van der Waals surface area contributed by atoms with Crippen LogP contribution in [-0.4, -0.2) is 22.5 Å². The van der Waals surface area contributed by atoms with E-state index in [9.17, 15) is 9.59 Å². The minimum Gasteiger partial charge on any atom is -0.481 e. The summed E-state index contributed by atoms with van der Waals surface area (Å²) in [5.41, 5.74) is -0.0382. The second-order valence-electron chi connectivity index (χ2n) is 5.24. The van der Waals surface area contributed by atoms with E-state index in [0.29, 0.717) is 22.0 Å². The fraction of sp³-hybridized carbons (Fsp3) is 0.333. The third-order valence-corrected chi connectivity index (χ3v) is 3.49. The van der Waals surface area contributed by atoms with E-state index in [1.807, 2.05) is 0 Å². The van der Waals surface area contributed by atoms with Gasteiger partial charge in [-0.25, -0.2) is 0 Å². The number of carboxylic acid groups (broad SMARTS) is 1. The second kappa shape index (κ2) is 7.48. The van der Waals surface area contributed by atoms with E-state index < -0.39 is 11.5 Å². The molecule has 0 bridgehead atoms. The molecule has 0 aliphatic carbocycles. The average Bonchev–Trinajstić information content (AvgIpc) is 2.35. The Balaban J connectivity index is 2.69. The van der Waals surface area contributed by atoms with Crippen molar-refractivity contribution >= 4 is 41.2 Å².